The van der Waals surface area contributed by atoms with Crippen molar-refractivity contribution in [2.45, 2.75) is 26.3 Å². The Hall–Kier alpha value is -1.00. The number of carbonyl (C=O) groups is 1. The van der Waals surface area contributed by atoms with Crippen LogP contribution in [-0.4, -0.2) is 31.6 Å². The first-order chi connectivity index (χ1) is 9.56. The van der Waals surface area contributed by atoms with Gasteiger partial charge in [-0.1, -0.05) is 38.1 Å². The van der Waals surface area contributed by atoms with Crippen LogP contribution >= 0.6 is 11.8 Å². The maximum Gasteiger partial charge on any atom is 0.315 e. The molecular formula is C16H25NO2S. The fraction of sp³-hybridized carbons (Fsp3) is 0.562. The van der Waals surface area contributed by atoms with Crippen LogP contribution in [0.3, 0.4) is 0 Å². The van der Waals surface area contributed by atoms with Crippen molar-refractivity contribution in [3.05, 3.63) is 35.4 Å². The SMILES string of the molecule is CNC(CSCC(=O)OC)c1ccc(CC(C)C)cc1. The van der Waals surface area contributed by atoms with Gasteiger partial charge in [-0.15, -0.1) is 11.8 Å². The first kappa shape index (κ1) is 17.1. The second kappa shape index (κ2) is 9.03. The van der Waals surface area contributed by atoms with Crippen molar-refractivity contribution in [2.24, 2.45) is 5.92 Å². The molecular weight excluding hydrogens is 270 g/mol. The third-order valence-electron chi connectivity index (χ3n) is 3.11. The number of benzene rings is 1. The molecule has 0 radical (unpaired) electrons. The number of methoxy groups -OCH3 is 1. The highest BCUT2D eigenvalue weighted by Crippen LogP contribution is 2.19. The Kier molecular flexibility index (Phi) is 7.70. The summed E-state index contributed by atoms with van der Waals surface area (Å²) in [5.74, 6) is 1.77. The minimum absolute atomic E-state index is 0.169. The molecule has 1 unspecified atom stereocenters. The van der Waals surface area contributed by atoms with Crippen molar-refractivity contribution >= 4 is 17.7 Å². The predicted molar refractivity (Wildman–Crippen MR) is 86.1 cm³/mol. The molecule has 1 aromatic carbocycles. The molecule has 3 nitrogen and oxygen atoms in total. The van der Waals surface area contributed by atoms with E-state index in [-0.39, 0.29) is 12.0 Å². The Labute approximate surface area is 126 Å². The molecule has 0 fully saturated rings. The van der Waals surface area contributed by atoms with Gasteiger partial charge in [0.05, 0.1) is 12.9 Å². The molecule has 0 saturated carbocycles. The summed E-state index contributed by atoms with van der Waals surface area (Å²) in [6.45, 7) is 4.46. The quantitative estimate of drug-likeness (QED) is 0.748. The third kappa shape index (κ3) is 5.97. The van der Waals surface area contributed by atoms with Gasteiger partial charge in [0.1, 0.15) is 0 Å². The number of rotatable bonds is 8. The molecule has 112 valence electrons. The van der Waals surface area contributed by atoms with Crippen LogP contribution in [0.1, 0.15) is 31.0 Å². The van der Waals surface area contributed by atoms with Gasteiger partial charge in [0.25, 0.3) is 0 Å². The molecule has 0 aliphatic carbocycles. The van der Waals surface area contributed by atoms with Gasteiger partial charge in [0.15, 0.2) is 0 Å². The Morgan fingerprint density at radius 2 is 1.95 bits per heavy atom. The van der Waals surface area contributed by atoms with Gasteiger partial charge >= 0.3 is 5.97 Å². The zero-order valence-corrected chi connectivity index (χ0v) is 13.6. The minimum Gasteiger partial charge on any atom is -0.468 e. The average molecular weight is 295 g/mol. The molecule has 4 heteroatoms. The summed E-state index contributed by atoms with van der Waals surface area (Å²) in [5.41, 5.74) is 2.64. The molecule has 1 rings (SSSR count). The summed E-state index contributed by atoms with van der Waals surface area (Å²) < 4.78 is 4.64. The second-order valence-electron chi connectivity index (χ2n) is 5.27. The van der Waals surface area contributed by atoms with Gasteiger partial charge < -0.3 is 10.1 Å². The fourth-order valence-corrected chi connectivity index (χ4v) is 3.02. The Balaban J connectivity index is 2.54. The molecule has 0 saturated heterocycles. The molecule has 0 aliphatic rings. The van der Waals surface area contributed by atoms with Crippen LogP contribution in [-0.2, 0) is 16.0 Å². The number of ether oxygens (including phenoxy) is 1. The lowest BCUT2D eigenvalue weighted by atomic mass is 10.00. The van der Waals surface area contributed by atoms with Crippen LogP contribution in [0.4, 0.5) is 0 Å². The van der Waals surface area contributed by atoms with Crippen LogP contribution in [0.25, 0.3) is 0 Å². The van der Waals surface area contributed by atoms with Gasteiger partial charge in [0, 0.05) is 11.8 Å². The van der Waals surface area contributed by atoms with Gasteiger partial charge in [-0.25, -0.2) is 0 Å². The molecule has 0 aromatic heterocycles. The van der Waals surface area contributed by atoms with E-state index in [1.165, 1.54) is 18.2 Å². The topological polar surface area (TPSA) is 38.3 Å². The lowest BCUT2D eigenvalue weighted by molar-refractivity contribution is -0.137. The first-order valence-corrected chi connectivity index (χ1v) is 8.13. The summed E-state index contributed by atoms with van der Waals surface area (Å²) in [6, 6.07) is 9.02. The fourth-order valence-electron chi connectivity index (χ4n) is 2.02. The highest BCUT2D eigenvalue weighted by atomic mass is 32.2. The molecule has 0 aliphatic heterocycles. The van der Waals surface area contributed by atoms with Gasteiger partial charge in [-0.2, -0.15) is 0 Å². The van der Waals surface area contributed by atoms with Crippen molar-refractivity contribution in [3.63, 3.8) is 0 Å². The van der Waals surface area contributed by atoms with Gasteiger partial charge in [-0.3, -0.25) is 4.79 Å². The van der Waals surface area contributed by atoms with Crippen LogP contribution in [0.5, 0.6) is 0 Å². The summed E-state index contributed by atoms with van der Waals surface area (Å²) in [5, 5.41) is 3.30. The van der Waals surface area contributed by atoms with Crippen LogP contribution in [0.15, 0.2) is 24.3 Å². The number of carbonyl (C=O) groups excluding carboxylic acids is 1. The van der Waals surface area contributed by atoms with E-state index in [0.29, 0.717) is 11.7 Å². The third-order valence-corrected chi connectivity index (χ3v) is 4.12. The highest BCUT2D eigenvalue weighted by molar-refractivity contribution is 7.99. The summed E-state index contributed by atoms with van der Waals surface area (Å²) >= 11 is 1.59. The molecule has 20 heavy (non-hydrogen) atoms. The molecule has 0 spiro atoms. The van der Waals surface area contributed by atoms with E-state index >= 15 is 0 Å². The van der Waals surface area contributed by atoms with Gasteiger partial charge in [0.2, 0.25) is 0 Å². The normalized spacial score (nSPS) is 12.4. The molecule has 1 N–H and O–H groups in total. The average Bonchev–Trinajstić information content (AvgIpc) is 2.44. The monoisotopic (exact) mass is 295 g/mol. The van der Waals surface area contributed by atoms with Crippen LogP contribution in [0.2, 0.25) is 0 Å². The second-order valence-corrected chi connectivity index (χ2v) is 6.30. The number of nitrogens with one attached hydrogen (secondary N) is 1. The molecule has 1 atom stereocenters. The van der Waals surface area contributed by atoms with E-state index in [1.807, 2.05) is 7.05 Å². The highest BCUT2D eigenvalue weighted by Gasteiger charge is 2.11. The maximum atomic E-state index is 11.1. The molecule has 0 bridgehead atoms. The van der Waals surface area contributed by atoms with Crippen LogP contribution < -0.4 is 5.32 Å². The lowest BCUT2D eigenvalue weighted by Crippen LogP contribution is -2.19. The zero-order chi connectivity index (χ0) is 15.0. The van der Waals surface area contributed by atoms with Crippen LogP contribution in [0, 0.1) is 5.92 Å². The number of hydrogen-bond donors (Lipinski definition) is 1. The minimum atomic E-state index is -0.169. The number of esters is 1. The maximum absolute atomic E-state index is 11.1. The van der Waals surface area contributed by atoms with Crippen molar-refractivity contribution in [1.82, 2.24) is 5.32 Å². The van der Waals surface area contributed by atoms with E-state index in [0.717, 1.165) is 12.2 Å². The molecule has 0 heterocycles. The summed E-state index contributed by atoms with van der Waals surface area (Å²) in [6.07, 6.45) is 1.11. The van der Waals surface area contributed by atoms with Crippen molar-refractivity contribution in [1.29, 1.82) is 0 Å². The van der Waals surface area contributed by atoms with Crippen molar-refractivity contribution in [2.75, 3.05) is 25.7 Å². The number of thioether (sulfide) groups is 1. The van der Waals surface area contributed by atoms with E-state index in [2.05, 4.69) is 48.2 Å². The number of hydrogen-bond acceptors (Lipinski definition) is 4. The van der Waals surface area contributed by atoms with Crippen molar-refractivity contribution < 1.29 is 9.53 Å². The predicted octanol–water partition coefficient (Wildman–Crippen LogP) is 3.05. The Bertz CT molecular complexity index is 403. The first-order valence-electron chi connectivity index (χ1n) is 6.97. The smallest absolute Gasteiger partial charge is 0.315 e. The molecule has 0 amide bonds. The lowest BCUT2D eigenvalue weighted by Gasteiger charge is -2.16. The summed E-state index contributed by atoms with van der Waals surface area (Å²) in [7, 11) is 3.37. The van der Waals surface area contributed by atoms with E-state index in [4.69, 9.17) is 0 Å². The summed E-state index contributed by atoms with van der Waals surface area (Å²) in [4.78, 5) is 11.1. The van der Waals surface area contributed by atoms with Crippen molar-refractivity contribution in [3.8, 4) is 0 Å². The Morgan fingerprint density at radius 1 is 1.30 bits per heavy atom. The van der Waals surface area contributed by atoms with E-state index in [1.54, 1.807) is 11.8 Å². The largest absolute Gasteiger partial charge is 0.468 e. The zero-order valence-electron chi connectivity index (χ0n) is 12.8. The van der Waals surface area contributed by atoms with E-state index < -0.39 is 0 Å². The Morgan fingerprint density at radius 3 is 2.45 bits per heavy atom. The standard InChI is InChI=1S/C16H25NO2S/c1-12(2)9-13-5-7-14(8-6-13)15(17-3)10-20-11-16(18)19-4/h5-8,12,15,17H,9-11H2,1-4H3. The van der Waals surface area contributed by atoms with Gasteiger partial charge in [-0.05, 0) is 30.5 Å². The molecule has 1 aromatic rings. The van der Waals surface area contributed by atoms with E-state index in [9.17, 15) is 4.79 Å².